The van der Waals surface area contributed by atoms with Crippen LogP contribution in [0.5, 0.6) is 0 Å². The third-order valence-corrected chi connectivity index (χ3v) is 4.23. The molecule has 0 aromatic heterocycles. The average molecular weight is 362 g/mol. The Hall–Kier alpha value is -2.54. The van der Waals surface area contributed by atoms with Crippen LogP contribution in [0.25, 0.3) is 0 Å². The lowest BCUT2D eigenvalue weighted by molar-refractivity contribution is -0.141. The van der Waals surface area contributed by atoms with Crippen molar-refractivity contribution in [2.45, 2.75) is 19.4 Å². The van der Waals surface area contributed by atoms with Crippen LogP contribution in [-0.2, 0) is 26.0 Å². The summed E-state index contributed by atoms with van der Waals surface area (Å²) in [5.74, 6) is -0.387. The first-order valence-electron chi connectivity index (χ1n) is 7.75. The van der Waals surface area contributed by atoms with E-state index in [1.165, 1.54) is 7.11 Å². The predicted octanol–water partition coefficient (Wildman–Crippen LogP) is 2.56. The maximum atomic E-state index is 12.1. The Bertz CT molecular complexity index is 835. The first kappa shape index (κ1) is 18.8. The van der Waals surface area contributed by atoms with Crippen LogP contribution in [0.3, 0.4) is 0 Å². The average Bonchev–Trinajstić information content (AvgIpc) is 2.56. The van der Waals surface area contributed by atoms with Gasteiger partial charge in [-0.3, -0.25) is 4.72 Å². The van der Waals surface area contributed by atoms with Gasteiger partial charge in [0.05, 0.1) is 19.1 Å². The van der Waals surface area contributed by atoms with Crippen molar-refractivity contribution < 1.29 is 17.9 Å². The van der Waals surface area contributed by atoms with Crippen molar-refractivity contribution in [2.24, 2.45) is 0 Å². The smallest absolute Gasteiger partial charge is 0.328 e. The molecular weight excluding hydrogens is 340 g/mol. The summed E-state index contributed by atoms with van der Waals surface area (Å²) in [5.41, 5.74) is 2.87. The van der Waals surface area contributed by atoms with Crippen LogP contribution in [0.2, 0.25) is 0 Å². The minimum atomic E-state index is -3.38. The first-order chi connectivity index (χ1) is 11.8. The van der Waals surface area contributed by atoms with Crippen LogP contribution in [-0.4, -0.2) is 33.8 Å². The molecule has 7 heteroatoms. The van der Waals surface area contributed by atoms with E-state index < -0.39 is 16.1 Å². The lowest BCUT2D eigenvalue weighted by Crippen LogP contribution is -2.32. The number of nitrogens with one attached hydrogen (secondary N) is 2. The van der Waals surface area contributed by atoms with E-state index in [0.717, 1.165) is 17.4 Å². The van der Waals surface area contributed by atoms with Gasteiger partial charge in [0.1, 0.15) is 6.04 Å². The van der Waals surface area contributed by atoms with Crippen molar-refractivity contribution in [3.63, 3.8) is 0 Å². The Balaban J connectivity index is 2.23. The van der Waals surface area contributed by atoms with Crippen LogP contribution in [0, 0.1) is 6.92 Å². The van der Waals surface area contributed by atoms with Gasteiger partial charge in [-0.1, -0.05) is 36.4 Å². The van der Waals surface area contributed by atoms with Crippen LogP contribution in [0.4, 0.5) is 11.4 Å². The van der Waals surface area contributed by atoms with E-state index in [-0.39, 0.29) is 5.97 Å². The van der Waals surface area contributed by atoms with Crippen LogP contribution >= 0.6 is 0 Å². The summed E-state index contributed by atoms with van der Waals surface area (Å²) in [6.45, 7) is 1.80. The zero-order valence-corrected chi connectivity index (χ0v) is 15.3. The fourth-order valence-corrected chi connectivity index (χ4v) is 3.03. The highest BCUT2D eigenvalue weighted by atomic mass is 32.2. The SMILES string of the molecule is COC(=O)[C@@H](Cc1ccccc1)Nc1ccc(C)c(NS(C)(=O)=O)c1. The molecule has 134 valence electrons. The van der Waals surface area contributed by atoms with Crippen molar-refractivity contribution in [3.8, 4) is 0 Å². The number of esters is 1. The Morgan fingerprint density at radius 3 is 2.44 bits per heavy atom. The summed E-state index contributed by atoms with van der Waals surface area (Å²) >= 11 is 0. The Morgan fingerprint density at radius 1 is 1.16 bits per heavy atom. The standard InChI is InChI=1S/C18H22N2O4S/c1-13-9-10-15(12-16(13)20-25(3,22)23)19-17(18(21)24-2)11-14-7-5-4-6-8-14/h4-10,12,17,19-20H,11H2,1-3H3/t17-/m1/s1. The van der Waals surface area contributed by atoms with Crippen molar-refractivity contribution >= 4 is 27.4 Å². The van der Waals surface area contributed by atoms with E-state index in [0.29, 0.717) is 17.8 Å². The Morgan fingerprint density at radius 2 is 1.84 bits per heavy atom. The molecule has 0 fully saturated rings. The molecule has 0 aliphatic rings. The van der Waals surface area contributed by atoms with E-state index in [4.69, 9.17) is 4.74 Å². The van der Waals surface area contributed by atoms with E-state index in [9.17, 15) is 13.2 Å². The van der Waals surface area contributed by atoms with Gasteiger partial charge in [-0.05, 0) is 30.2 Å². The third-order valence-electron chi connectivity index (χ3n) is 3.64. The molecule has 0 unspecified atom stereocenters. The molecule has 0 radical (unpaired) electrons. The number of carbonyl (C=O) groups is 1. The third kappa shape index (κ3) is 5.79. The minimum Gasteiger partial charge on any atom is -0.467 e. The van der Waals surface area contributed by atoms with Gasteiger partial charge in [-0.2, -0.15) is 0 Å². The number of hydrogen-bond donors (Lipinski definition) is 2. The molecule has 1 atom stereocenters. The molecule has 0 saturated heterocycles. The maximum absolute atomic E-state index is 12.1. The zero-order valence-electron chi connectivity index (χ0n) is 14.4. The van der Waals surface area contributed by atoms with Crippen molar-refractivity contribution in [1.29, 1.82) is 0 Å². The van der Waals surface area contributed by atoms with E-state index >= 15 is 0 Å². The number of sulfonamides is 1. The van der Waals surface area contributed by atoms with Gasteiger partial charge >= 0.3 is 5.97 Å². The van der Waals surface area contributed by atoms with E-state index in [2.05, 4.69) is 10.0 Å². The summed E-state index contributed by atoms with van der Waals surface area (Å²) in [6, 6.07) is 14.3. The monoisotopic (exact) mass is 362 g/mol. The van der Waals surface area contributed by atoms with Gasteiger partial charge in [-0.15, -0.1) is 0 Å². The highest BCUT2D eigenvalue weighted by molar-refractivity contribution is 7.92. The summed E-state index contributed by atoms with van der Waals surface area (Å²) in [6.07, 6.45) is 1.55. The van der Waals surface area contributed by atoms with Gasteiger partial charge in [0, 0.05) is 12.1 Å². The summed E-state index contributed by atoms with van der Waals surface area (Å²) in [4.78, 5) is 12.1. The zero-order chi connectivity index (χ0) is 18.4. The second kappa shape index (κ2) is 8.02. The van der Waals surface area contributed by atoms with Crippen LogP contribution < -0.4 is 10.0 Å². The number of methoxy groups -OCH3 is 1. The molecular formula is C18H22N2O4S. The molecule has 2 aromatic rings. The fourth-order valence-electron chi connectivity index (χ4n) is 2.41. The number of carbonyl (C=O) groups excluding carboxylic acids is 1. The van der Waals surface area contributed by atoms with Crippen molar-refractivity contribution in [1.82, 2.24) is 0 Å². The number of rotatable bonds is 7. The minimum absolute atomic E-state index is 0.387. The largest absolute Gasteiger partial charge is 0.467 e. The van der Waals surface area contributed by atoms with Gasteiger partial charge in [0.15, 0.2) is 0 Å². The first-order valence-corrected chi connectivity index (χ1v) is 9.64. The fraction of sp³-hybridized carbons (Fsp3) is 0.278. The molecule has 2 aromatic carbocycles. The van der Waals surface area contributed by atoms with E-state index in [1.54, 1.807) is 25.1 Å². The Kier molecular flexibility index (Phi) is 6.03. The lowest BCUT2D eigenvalue weighted by atomic mass is 10.1. The van der Waals surface area contributed by atoms with Gasteiger partial charge in [0.2, 0.25) is 10.0 Å². The van der Waals surface area contributed by atoms with Crippen molar-refractivity contribution in [2.75, 3.05) is 23.4 Å². The number of benzene rings is 2. The molecule has 0 spiro atoms. The second-order valence-electron chi connectivity index (χ2n) is 5.81. The molecule has 0 aliphatic heterocycles. The molecule has 2 rings (SSSR count). The molecule has 0 amide bonds. The highest BCUT2D eigenvalue weighted by Crippen LogP contribution is 2.22. The molecule has 0 bridgehead atoms. The normalized spacial score (nSPS) is 12.3. The topological polar surface area (TPSA) is 84.5 Å². The maximum Gasteiger partial charge on any atom is 0.328 e. The van der Waals surface area contributed by atoms with Gasteiger partial charge in [-0.25, -0.2) is 13.2 Å². The van der Waals surface area contributed by atoms with Crippen molar-refractivity contribution in [3.05, 3.63) is 59.7 Å². The highest BCUT2D eigenvalue weighted by Gasteiger charge is 2.20. The number of hydrogen-bond acceptors (Lipinski definition) is 5. The number of aryl methyl sites for hydroxylation is 1. The second-order valence-corrected chi connectivity index (χ2v) is 7.56. The number of ether oxygens (including phenoxy) is 1. The van der Waals surface area contributed by atoms with Gasteiger partial charge < -0.3 is 10.1 Å². The lowest BCUT2D eigenvalue weighted by Gasteiger charge is -2.19. The van der Waals surface area contributed by atoms with Crippen LogP contribution in [0.15, 0.2) is 48.5 Å². The van der Waals surface area contributed by atoms with Gasteiger partial charge in [0.25, 0.3) is 0 Å². The van der Waals surface area contributed by atoms with E-state index in [1.807, 2.05) is 30.3 Å². The predicted molar refractivity (Wildman–Crippen MR) is 99.2 cm³/mol. The Labute approximate surface area is 148 Å². The molecule has 6 nitrogen and oxygen atoms in total. The quantitative estimate of drug-likeness (QED) is 0.740. The van der Waals surface area contributed by atoms with Crippen LogP contribution in [0.1, 0.15) is 11.1 Å². The molecule has 0 aliphatic carbocycles. The summed E-state index contributed by atoms with van der Waals surface area (Å²) in [5, 5.41) is 3.12. The molecule has 2 N–H and O–H groups in total. The molecule has 0 heterocycles. The number of anilines is 2. The summed E-state index contributed by atoms with van der Waals surface area (Å²) in [7, 11) is -2.04. The summed E-state index contributed by atoms with van der Waals surface area (Å²) < 4.78 is 30.3. The molecule has 0 saturated carbocycles. The molecule has 25 heavy (non-hydrogen) atoms.